The molecule has 8 heteroatoms. The number of amides is 1. The second-order valence-corrected chi connectivity index (χ2v) is 8.07. The molecular weight excluding hydrogens is 369 g/mol. The molecule has 0 spiro atoms. The van der Waals surface area contributed by atoms with Crippen LogP contribution in [0.4, 0.5) is 10.1 Å². The summed E-state index contributed by atoms with van der Waals surface area (Å²) in [6.07, 6.45) is 1.46. The largest absolute Gasteiger partial charge is 0.350 e. The van der Waals surface area contributed by atoms with Crippen molar-refractivity contribution in [2.75, 3.05) is 11.3 Å². The molecule has 0 aliphatic rings. The summed E-state index contributed by atoms with van der Waals surface area (Å²) in [5, 5.41) is 2.78. The average Bonchev–Trinajstić information content (AvgIpc) is 2.67. The summed E-state index contributed by atoms with van der Waals surface area (Å²) in [5.41, 5.74) is 6.29. The lowest BCUT2D eigenvalue weighted by atomic mass is 9.94. The van der Waals surface area contributed by atoms with Crippen molar-refractivity contribution in [1.82, 2.24) is 5.32 Å². The minimum atomic E-state index is -3.84. The van der Waals surface area contributed by atoms with Gasteiger partial charge in [-0.3, -0.25) is 9.52 Å². The van der Waals surface area contributed by atoms with Gasteiger partial charge in [-0.1, -0.05) is 13.8 Å². The van der Waals surface area contributed by atoms with Crippen LogP contribution in [0.5, 0.6) is 0 Å². The van der Waals surface area contributed by atoms with Gasteiger partial charge >= 0.3 is 0 Å². The predicted octanol–water partition coefficient (Wildman–Crippen LogP) is 2.87. The third-order valence-electron chi connectivity index (χ3n) is 4.53. The molecule has 0 radical (unpaired) electrons. The van der Waals surface area contributed by atoms with Gasteiger partial charge in [0.25, 0.3) is 15.9 Å². The number of carbonyl (C=O) groups is 1. The molecule has 0 saturated heterocycles. The SMILES string of the molecule is CCC(N)(CC)CNC(=O)c1ccc(S(=O)(=O)Nc2ccc(F)cc2)cc1. The van der Waals surface area contributed by atoms with Gasteiger partial charge in [-0.2, -0.15) is 0 Å². The van der Waals surface area contributed by atoms with Crippen LogP contribution in [-0.4, -0.2) is 26.4 Å². The lowest BCUT2D eigenvalue weighted by Crippen LogP contribution is -2.49. The van der Waals surface area contributed by atoms with Gasteiger partial charge in [-0.25, -0.2) is 12.8 Å². The first kappa shape index (κ1) is 20.9. The Morgan fingerprint density at radius 1 is 1.04 bits per heavy atom. The molecule has 0 heterocycles. The number of halogens is 1. The summed E-state index contributed by atoms with van der Waals surface area (Å²) in [7, 11) is -3.84. The van der Waals surface area contributed by atoms with Crippen LogP contribution in [-0.2, 0) is 10.0 Å². The quantitative estimate of drug-likeness (QED) is 0.642. The second kappa shape index (κ2) is 8.49. The monoisotopic (exact) mass is 393 g/mol. The number of carbonyl (C=O) groups excluding carboxylic acids is 1. The number of sulfonamides is 1. The van der Waals surface area contributed by atoms with Gasteiger partial charge in [-0.15, -0.1) is 0 Å². The van der Waals surface area contributed by atoms with Gasteiger partial charge in [0.05, 0.1) is 4.90 Å². The van der Waals surface area contributed by atoms with Gasteiger partial charge < -0.3 is 11.1 Å². The van der Waals surface area contributed by atoms with Crippen LogP contribution < -0.4 is 15.8 Å². The Kier molecular flexibility index (Phi) is 6.56. The van der Waals surface area contributed by atoms with Gasteiger partial charge in [0, 0.05) is 23.3 Å². The lowest BCUT2D eigenvalue weighted by Gasteiger charge is -2.26. The first-order chi connectivity index (χ1) is 12.7. The topological polar surface area (TPSA) is 101 Å². The summed E-state index contributed by atoms with van der Waals surface area (Å²) < 4.78 is 40.0. The van der Waals surface area contributed by atoms with E-state index in [0.717, 1.165) is 25.0 Å². The maximum absolute atomic E-state index is 12.9. The Labute approximate surface area is 159 Å². The minimum Gasteiger partial charge on any atom is -0.350 e. The second-order valence-electron chi connectivity index (χ2n) is 6.39. The minimum absolute atomic E-state index is 0.00124. The molecule has 2 aromatic rings. The number of anilines is 1. The van der Waals surface area contributed by atoms with Crippen molar-refractivity contribution < 1.29 is 17.6 Å². The first-order valence-corrected chi connectivity index (χ1v) is 10.1. The van der Waals surface area contributed by atoms with E-state index in [1.807, 2.05) is 13.8 Å². The molecule has 0 fully saturated rings. The fourth-order valence-electron chi connectivity index (χ4n) is 2.38. The lowest BCUT2D eigenvalue weighted by molar-refractivity contribution is 0.0942. The molecule has 2 aromatic carbocycles. The molecule has 0 atom stereocenters. The van der Waals surface area contributed by atoms with Crippen molar-refractivity contribution in [3.8, 4) is 0 Å². The van der Waals surface area contributed by atoms with E-state index in [1.165, 1.54) is 36.4 Å². The van der Waals surface area contributed by atoms with Crippen LogP contribution in [0.2, 0.25) is 0 Å². The normalized spacial score (nSPS) is 11.9. The summed E-state index contributed by atoms with van der Waals surface area (Å²) >= 11 is 0. The van der Waals surface area contributed by atoms with Crippen LogP contribution in [0.25, 0.3) is 0 Å². The predicted molar refractivity (Wildman–Crippen MR) is 103 cm³/mol. The molecular formula is C19H24FN3O3S. The maximum Gasteiger partial charge on any atom is 0.261 e. The van der Waals surface area contributed by atoms with Crippen LogP contribution >= 0.6 is 0 Å². The molecule has 0 aliphatic heterocycles. The smallest absolute Gasteiger partial charge is 0.261 e. The van der Waals surface area contributed by atoms with Crippen molar-refractivity contribution >= 4 is 21.6 Å². The van der Waals surface area contributed by atoms with Crippen molar-refractivity contribution in [2.24, 2.45) is 5.73 Å². The highest BCUT2D eigenvalue weighted by atomic mass is 32.2. The number of rotatable bonds is 8. The fraction of sp³-hybridized carbons (Fsp3) is 0.316. The summed E-state index contributed by atoms with van der Waals surface area (Å²) in [5.74, 6) is -0.775. The van der Waals surface area contributed by atoms with Crippen LogP contribution in [0.15, 0.2) is 53.4 Å². The molecule has 0 saturated carbocycles. The van der Waals surface area contributed by atoms with E-state index < -0.39 is 21.4 Å². The highest BCUT2D eigenvalue weighted by molar-refractivity contribution is 7.92. The number of benzene rings is 2. The molecule has 1 amide bonds. The summed E-state index contributed by atoms with van der Waals surface area (Å²) in [6.45, 7) is 4.26. The van der Waals surface area contributed by atoms with Crippen molar-refractivity contribution in [2.45, 2.75) is 37.1 Å². The molecule has 27 heavy (non-hydrogen) atoms. The zero-order valence-corrected chi connectivity index (χ0v) is 16.1. The van der Waals surface area contributed by atoms with Crippen molar-refractivity contribution in [3.05, 3.63) is 59.9 Å². The molecule has 0 bridgehead atoms. The van der Waals surface area contributed by atoms with Gasteiger partial charge in [0.1, 0.15) is 5.82 Å². The molecule has 146 valence electrons. The van der Waals surface area contributed by atoms with Crippen molar-refractivity contribution in [1.29, 1.82) is 0 Å². The molecule has 0 aliphatic carbocycles. The van der Waals surface area contributed by atoms with E-state index in [4.69, 9.17) is 5.73 Å². The Balaban J connectivity index is 2.07. The van der Waals surface area contributed by atoms with E-state index in [1.54, 1.807) is 0 Å². The van der Waals surface area contributed by atoms with E-state index in [9.17, 15) is 17.6 Å². The number of nitrogens with two attached hydrogens (primary N) is 1. The fourth-order valence-corrected chi connectivity index (χ4v) is 3.43. The van der Waals surface area contributed by atoms with E-state index in [-0.39, 0.29) is 16.5 Å². The van der Waals surface area contributed by atoms with Gasteiger partial charge in [0.2, 0.25) is 0 Å². The number of nitrogens with one attached hydrogen (secondary N) is 2. The molecule has 6 nitrogen and oxygen atoms in total. The van der Waals surface area contributed by atoms with Crippen LogP contribution in [0.3, 0.4) is 0 Å². The Bertz CT molecular complexity index is 877. The highest BCUT2D eigenvalue weighted by Gasteiger charge is 2.21. The molecule has 0 aromatic heterocycles. The van der Waals surface area contributed by atoms with Crippen LogP contribution in [0.1, 0.15) is 37.0 Å². The zero-order valence-electron chi connectivity index (χ0n) is 15.3. The Hall–Kier alpha value is -2.45. The molecule has 0 unspecified atom stereocenters. The van der Waals surface area contributed by atoms with Gasteiger partial charge in [0.15, 0.2) is 0 Å². The highest BCUT2D eigenvalue weighted by Crippen LogP contribution is 2.17. The number of hydrogen-bond acceptors (Lipinski definition) is 4. The van der Waals surface area contributed by atoms with E-state index in [2.05, 4.69) is 10.0 Å². The van der Waals surface area contributed by atoms with Gasteiger partial charge in [-0.05, 0) is 61.4 Å². The van der Waals surface area contributed by atoms with Crippen molar-refractivity contribution in [3.63, 3.8) is 0 Å². The zero-order chi connectivity index (χ0) is 20.1. The Morgan fingerprint density at radius 3 is 2.11 bits per heavy atom. The maximum atomic E-state index is 12.9. The van der Waals surface area contributed by atoms with Crippen LogP contribution in [0, 0.1) is 5.82 Å². The summed E-state index contributed by atoms with van der Waals surface area (Å²) in [6, 6.07) is 10.5. The molecule has 2 rings (SSSR count). The third kappa shape index (κ3) is 5.51. The molecule has 4 N–H and O–H groups in total. The number of hydrogen-bond donors (Lipinski definition) is 3. The van der Waals surface area contributed by atoms with E-state index >= 15 is 0 Å². The average molecular weight is 393 g/mol. The van der Waals surface area contributed by atoms with E-state index in [0.29, 0.717) is 12.1 Å². The first-order valence-electron chi connectivity index (χ1n) is 8.64. The standard InChI is InChI=1S/C19H24FN3O3S/c1-3-19(21,4-2)13-22-18(24)14-5-11-17(12-6-14)27(25,26)23-16-9-7-15(20)8-10-16/h5-12,23H,3-4,13,21H2,1-2H3,(H,22,24). The Morgan fingerprint density at radius 2 is 1.59 bits per heavy atom. The third-order valence-corrected chi connectivity index (χ3v) is 5.93. The summed E-state index contributed by atoms with van der Waals surface area (Å²) in [4.78, 5) is 12.2.